The summed E-state index contributed by atoms with van der Waals surface area (Å²) in [7, 11) is 0. The number of hydrogen-bond acceptors (Lipinski definition) is 3. The number of ether oxygens (including phenoxy) is 1. The monoisotopic (exact) mass is 385 g/mol. The zero-order chi connectivity index (χ0) is 16.7. The molecule has 0 fully saturated rings. The summed E-state index contributed by atoms with van der Waals surface area (Å²) in [5.74, 6) is 1.37. The number of aliphatic hydroxyl groups excluding tert-OH is 1. The van der Waals surface area contributed by atoms with E-state index in [-0.39, 0.29) is 6.10 Å². The first-order chi connectivity index (χ1) is 11.1. The van der Waals surface area contributed by atoms with Crippen LogP contribution >= 0.6 is 0 Å². The van der Waals surface area contributed by atoms with Crippen LogP contribution in [0.1, 0.15) is 52.9 Å². The Morgan fingerprint density at radius 2 is 2.17 bits per heavy atom. The fourth-order valence-corrected chi connectivity index (χ4v) is 5.22. The molecular weight excluding hydrogens is 353 g/mol. The van der Waals surface area contributed by atoms with E-state index >= 15 is 0 Å². The van der Waals surface area contributed by atoms with E-state index in [1.807, 2.05) is 0 Å². The fourth-order valence-electron chi connectivity index (χ4n) is 2.79. The van der Waals surface area contributed by atoms with Gasteiger partial charge in [-0.1, -0.05) is 0 Å². The van der Waals surface area contributed by atoms with Crippen LogP contribution in [0.15, 0.2) is 28.8 Å². The molecule has 130 valence electrons. The fraction of sp³-hybridized carbons (Fsp3) is 0.737. The van der Waals surface area contributed by atoms with Gasteiger partial charge in [0.05, 0.1) is 0 Å². The van der Waals surface area contributed by atoms with Crippen molar-refractivity contribution < 1.29 is 9.84 Å². The van der Waals surface area contributed by atoms with Crippen LogP contribution in [0.5, 0.6) is 0 Å². The van der Waals surface area contributed by atoms with E-state index in [0.717, 1.165) is 24.1 Å². The van der Waals surface area contributed by atoms with Crippen molar-refractivity contribution in [3.8, 4) is 0 Å². The summed E-state index contributed by atoms with van der Waals surface area (Å²) in [4.78, 5) is 5.16. The predicted octanol–water partition coefficient (Wildman–Crippen LogP) is 4.18. The van der Waals surface area contributed by atoms with Crippen LogP contribution in [0.2, 0.25) is 10.1 Å². The standard InChI is InChI=1S/C19H31NO2Se/c1-4-5-6-7-9-15(21)13-23-18-11-8-10-16(18)19-20-17(12-22-19)14(2)3/h8,10-11,14-15,17-18,21H,4-7,9,12-13H2,1-3H3/t15?,17-,18?/m1/s1. The van der Waals surface area contributed by atoms with Crippen molar-refractivity contribution in [3.63, 3.8) is 0 Å². The Hall–Kier alpha value is -0.571. The van der Waals surface area contributed by atoms with E-state index in [1.54, 1.807) is 0 Å². The molecule has 1 aliphatic carbocycles. The Kier molecular flexibility index (Phi) is 7.88. The number of nitrogens with zero attached hydrogens (tertiary/aromatic N) is 1. The normalized spacial score (nSPS) is 24.7. The second kappa shape index (κ2) is 9.66. The van der Waals surface area contributed by atoms with Crippen molar-refractivity contribution in [2.45, 2.75) is 75.2 Å². The van der Waals surface area contributed by atoms with Gasteiger partial charge >= 0.3 is 147 Å². The van der Waals surface area contributed by atoms with Gasteiger partial charge in [-0.25, -0.2) is 0 Å². The van der Waals surface area contributed by atoms with Gasteiger partial charge in [0.1, 0.15) is 0 Å². The first-order valence-corrected chi connectivity index (χ1v) is 11.2. The van der Waals surface area contributed by atoms with E-state index in [4.69, 9.17) is 9.73 Å². The number of unbranched alkanes of at least 4 members (excludes halogenated alkanes) is 3. The topological polar surface area (TPSA) is 41.8 Å². The molecule has 1 N–H and O–H groups in total. The SMILES string of the molecule is CCCCCCC(O)C[Se]C1C=CC=C1C1=N[C@@H](C(C)C)CO1. The third-order valence-electron chi connectivity index (χ3n) is 4.42. The zero-order valence-corrected chi connectivity index (χ0v) is 16.4. The van der Waals surface area contributed by atoms with Gasteiger partial charge in [0.2, 0.25) is 0 Å². The predicted molar refractivity (Wildman–Crippen MR) is 98.3 cm³/mol. The van der Waals surface area contributed by atoms with E-state index in [9.17, 15) is 5.11 Å². The first-order valence-electron chi connectivity index (χ1n) is 9.00. The Balaban J connectivity index is 1.76. The number of allylic oxidation sites excluding steroid dienone is 3. The molecule has 1 heterocycles. The minimum atomic E-state index is -0.142. The van der Waals surface area contributed by atoms with E-state index in [0.29, 0.717) is 38.3 Å². The number of aliphatic hydroxyl groups is 1. The number of hydrogen-bond donors (Lipinski definition) is 1. The van der Waals surface area contributed by atoms with E-state index < -0.39 is 0 Å². The molecule has 1 aliphatic heterocycles. The summed E-state index contributed by atoms with van der Waals surface area (Å²) in [5, 5.41) is 11.1. The number of rotatable bonds is 10. The van der Waals surface area contributed by atoms with Crippen LogP contribution in [0, 0.1) is 5.92 Å². The second-order valence-electron chi connectivity index (χ2n) is 6.82. The van der Waals surface area contributed by atoms with Crippen LogP contribution < -0.4 is 0 Å². The van der Waals surface area contributed by atoms with Gasteiger partial charge in [0, 0.05) is 0 Å². The summed E-state index contributed by atoms with van der Waals surface area (Å²) in [5.41, 5.74) is 1.23. The summed E-state index contributed by atoms with van der Waals surface area (Å²) >= 11 is 0.366. The molecule has 0 amide bonds. The maximum absolute atomic E-state index is 10.2. The summed E-state index contributed by atoms with van der Waals surface area (Å²) in [6.07, 6.45) is 12.2. The average molecular weight is 384 g/mol. The molecule has 2 rings (SSSR count). The van der Waals surface area contributed by atoms with Crippen LogP contribution in [-0.4, -0.2) is 44.7 Å². The molecule has 0 bridgehead atoms. The van der Waals surface area contributed by atoms with Gasteiger partial charge in [-0.2, -0.15) is 0 Å². The number of aliphatic imine (C=N–C) groups is 1. The first kappa shape index (κ1) is 18.8. The third-order valence-corrected chi connectivity index (χ3v) is 7.24. The van der Waals surface area contributed by atoms with Crippen molar-refractivity contribution in [3.05, 3.63) is 23.8 Å². The molecule has 0 aromatic heterocycles. The second-order valence-corrected chi connectivity index (χ2v) is 9.28. The van der Waals surface area contributed by atoms with Crippen molar-refractivity contribution in [1.82, 2.24) is 0 Å². The zero-order valence-electron chi connectivity index (χ0n) is 14.7. The molecular formula is C19H31NO2Se. The van der Waals surface area contributed by atoms with Gasteiger partial charge in [-0.15, -0.1) is 0 Å². The van der Waals surface area contributed by atoms with Gasteiger partial charge in [-0.05, 0) is 0 Å². The molecule has 0 aromatic carbocycles. The summed E-state index contributed by atoms with van der Waals surface area (Å²) in [6.45, 7) is 7.32. The van der Waals surface area contributed by atoms with Crippen LogP contribution in [0.4, 0.5) is 0 Å². The molecule has 23 heavy (non-hydrogen) atoms. The molecule has 0 spiro atoms. The molecule has 3 atom stereocenters. The van der Waals surface area contributed by atoms with E-state index in [2.05, 4.69) is 39.0 Å². The summed E-state index contributed by atoms with van der Waals surface area (Å²) in [6, 6.07) is 0.295. The molecule has 0 radical (unpaired) electrons. The average Bonchev–Trinajstić information content (AvgIpc) is 3.17. The Labute approximate surface area is 147 Å². The molecule has 3 nitrogen and oxygen atoms in total. The molecule has 0 aromatic rings. The Morgan fingerprint density at radius 1 is 1.35 bits per heavy atom. The Bertz CT molecular complexity index is 456. The maximum atomic E-state index is 10.2. The molecule has 4 heteroatoms. The van der Waals surface area contributed by atoms with Crippen LogP contribution in [0.3, 0.4) is 0 Å². The van der Waals surface area contributed by atoms with Gasteiger partial charge in [0.25, 0.3) is 0 Å². The quantitative estimate of drug-likeness (QED) is 0.454. The molecule has 0 saturated carbocycles. The third kappa shape index (κ3) is 5.77. The van der Waals surface area contributed by atoms with Gasteiger partial charge in [0.15, 0.2) is 0 Å². The van der Waals surface area contributed by atoms with Crippen molar-refractivity contribution in [1.29, 1.82) is 0 Å². The van der Waals surface area contributed by atoms with Gasteiger partial charge in [-0.3, -0.25) is 0 Å². The molecule has 2 aliphatic rings. The van der Waals surface area contributed by atoms with Crippen molar-refractivity contribution in [2.24, 2.45) is 10.9 Å². The van der Waals surface area contributed by atoms with E-state index in [1.165, 1.54) is 24.8 Å². The van der Waals surface area contributed by atoms with Crippen LogP contribution in [-0.2, 0) is 4.74 Å². The van der Waals surface area contributed by atoms with Gasteiger partial charge < -0.3 is 0 Å². The minimum absolute atomic E-state index is 0.142. The molecule has 2 unspecified atom stereocenters. The van der Waals surface area contributed by atoms with Crippen molar-refractivity contribution in [2.75, 3.05) is 6.61 Å². The summed E-state index contributed by atoms with van der Waals surface area (Å²) < 4.78 is 5.83. The van der Waals surface area contributed by atoms with Crippen molar-refractivity contribution >= 4 is 20.9 Å². The Morgan fingerprint density at radius 3 is 2.87 bits per heavy atom. The molecule has 0 saturated heterocycles. The van der Waals surface area contributed by atoms with Crippen LogP contribution in [0.25, 0.3) is 0 Å².